The summed E-state index contributed by atoms with van der Waals surface area (Å²) in [4.78, 5) is 23.4. The molecule has 110 valence electrons. The van der Waals surface area contributed by atoms with Crippen LogP contribution in [0.5, 0.6) is 0 Å². The van der Waals surface area contributed by atoms with E-state index >= 15 is 0 Å². The van der Waals surface area contributed by atoms with Crippen LogP contribution in [0.4, 0.5) is 0 Å². The van der Waals surface area contributed by atoms with Gasteiger partial charge in [-0.1, -0.05) is 13.8 Å². The number of carbonyl (C=O) groups excluding carboxylic acids is 2. The second-order valence-electron chi connectivity index (χ2n) is 5.94. The molecular weight excluding hydrogens is 244 g/mol. The van der Waals surface area contributed by atoms with Crippen LogP contribution in [0.15, 0.2) is 0 Å². The normalized spacial score (nSPS) is 23.2. The molecule has 0 saturated heterocycles. The summed E-state index contributed by atoms with van der Waals surface area (Å²) >= 11 is 0. The molecule has 0 heterocycles. The summed E-state index contributed by atoms with van der Waals surface area (Å²) < 4.78 is 10.4. The Hall–Kier alpha value is -1.06. The minimum atomic E-state index is -0.542. The van der Waals surface area contributed by atoms with Crippen LogP contribution in [0.1, 0.15) is 59.8 Å². The Morgan fingerprint density at radius 3 is 2.47 bits per heavy atom. The molecule has 1 fully saturated rings. The molecule has 0 N–H and O–H groups in total. The molecule has 0 radical (unpaired) electrons. The van der Waals surface area contributed by atoms with Crippen LogP contribution < -0.4 is 0 Å². The van der Waals surface area contributed by atoms with E-state index in [1.54, 1.807) is 0 Å². The first kappa shape index (κ1) is 16.0. The Labute approximate surface area is 115 Å². The molecule has 0 amide bonds. The summed E-state index contributed by atoms with van der Waals surface area (Å²) in [5, 5.41) is 0. The van der Waals surface area contributed by atoms with Gasteiger partial charge in [0.15, 0.2) is 6.61 Å². The first-order valence-corrected chi connectivity index (χ1v) is 7.27. The van der Waals surface area contributed by atoms with Gasteiger partial charge in [0.1, 0.15) is 6.10 Å². The van der Waals surface area contributed by atoms with Gasteiger partial charge in [-0.05, 0) is 51.9 Å². The number of esters is 2. The third-order valence-electron chi connectivity index (χ3n) is 4.15. The third kappa shape index (κ3) is 4.51. The lowest BCUT2D eigenvalue weighted by atomic mass is 9.91. The zero-order valence-corrected chi connectivity index (χ0v) is 12.5. The van der Waals surface area contributed by atoms with Crippen LogP contribution in [-0.2, 0) is 19.1 Å². The number of ether oxygens (including phenoxy) is 2. The largest absolute Gasteiger partial charge is 0.460 e. The lowest BCUT2D eigenvalue weighted by Gasteiger charge is -2.21. The first-order valence-electron chi connectivity index (χ1n) is 7.27. The predicted octanol–water partition coefficient (Wildman–Crippen LogP) is 3.09. The molecule has 2 atom stereocenters. The van der Waals surface area contributed by atoms with Crippen molar-refractivity contribution in [3.63, 3.8) is 0 Å². The standard InChI is InChI=1S/C15H26O4/c1-5-11-8-7-9-12(11)19-13(16)10-18-14(17)15(3,4)6-2/h11-12H,5-10H2,1-4H3. The van der Waals surface area contributed by atoms with Gasteiger partial charge in [-0.2, -0.15) is 0 Å². The molecule has 4 nitrogen and oxygen atoms in total. The quantitative estimate of drug-likeness (QED) is 0.696. The summed E-state index contributed by atoms with van der Waals surface area (Å²) in [6.07, 6.45) is 4.88. The SMILES string of the molecule is CCC1CCCC1OC(=O)COC(=O)C(C)(C)CC. The maximum absolute atomic E-state index is 11.7. The highest BCUT2D eigenvalue weighted by molar-refractivity contribution is 5.79. The Balaban J connectivity index is 2.34. The van der Waals surface area contributed by atoms with Crippen molar-refractivity contribution in [2.24, 2.45) is 11.3 Å². The van der Waals surface area contributed by atoms with Crippen molar-refractivity contribution in [1.29, 1.82) is 0 Å². The van der Waals surface area contributed by atoms with Crippen LogP contribution in [0, 0.1) is 11.3 Å². The highest BCUT2D eigenvalue weighted by atomic mass is 16.6. The molecule has 1 aliphatic rings. The Kier molecular flexibility index (Phi) is 5.83. The zero-order chi connectivity index (χ0) is 14.5. The van der Waals surface area contributed by atoms with Gasteiger partial charge in [0.25, 0.3) is 0 Å². The molecule has 0 aliphatic heterocycles. The molecule has 0 aromatic rings. The second-order valence-corrected chi connectivity index (χ2v) is 5.94. The monoisotopic (exact) mass is 270 g/mol. The summed E-state index contributed by atoms with van der Waals surface area (Å²) in [6.45, 7) is 7.38. The minimum Gasteiger partial charge on any atom is -0.460 e. The summed E-state index contributed by atoms with van der Waals surface area (Å²) in [6, 6.07) is 0. The van der Waals surface area contributed by atoms with Crippen molar-refractivity contribution in [3.8, 4) is 0 Å². The van der Waals surface area contributed by atoms with E-state index in [1.165, 1.54) is 0 Å². The molecule has 0 aromatic heterocycles. The average molecular weight is 270 g/mol. The van der Waals surface area contributed by atoms with Crippen molar-refractivity contribution in [3.05, 3.63) is 0 Å². The average Bonchev–Trinajstić information content (AvgIpc) is 2.82. The fraction of sp³-hybridized carbons (Fsp3) is 0.867. The van der Waals surface area contributed by atoms with Crippen LogP contribution >= 0.6 is 0 Å². The third-order valence-corrected chi connectivity index (χ3v) is 4.15. The van der Waals surface area contributed by atoms with Gasteiger partial charge in [-0.25, -0.2) is 4.79 Å². The molecule has 19 heavy (non-hydrogen) atoms. The molecule has 0 aromatic carbocycles. The molecule has 1 aliphatic carbocycles. The van der Waals surface area contributed by atoms with Crippen molar-refractivity contribution in [2.75, 3.05) is 6.61 Å². The van der Waals surface area contributed by atoms with Crippen molar-refractivity contribution in [2.45, 2.75) is 65.9 Å². The fourth-order valence-electron chi connectivity index (χ4n) is 2.29. The van der Waals surface area contributed by atoms with E-state index in [-0.39, 0.29) is 18.7 Å². The number of carbonyl (C=O) groups is 2. The van der Waals surface area contributed by atoms with Gasteiger partial charge in [0.05, 0.1) is 5.41 Å². The summed E-state index contributed by atoms with van der Waals surface area (Å²) in [7, 11) is 0. The van der Waals surface area contributed by atoms with E-state index in [2.05, 4.69) is 6.92 Å². The van der Waals surface area contributed by atoms with Gasteiger partial charge >= 0.3 is 11.9 Å². The van der Waals surface area contributed by atoms with E-state index in [9.17, 15) is 9.59 Å². The van der Waals surface area contributed by atoms with Gasteiger partial charge in [0, 0.05) is 0 Å². The van der Waals surface area contributed by atoms with Gasteiger partial charge in [-0.3, -0.25) is 4.79 Å². The number of hydrogen-bond donors (Lipinski definition) is 0. The van der Waals surface area contributed by atoms with Crippen LogP contribution in [0.25, 0.3) is 0 Å². The lowest BCUT2D eigenvalue weighted by molar-refractivity contribution is -0.168. The Bertz CT molecular complexity index is 322. The molecule has 0 spiro atoms. The number of rotatable bonds is 6. The van der Waals surface area contributed by atoms with Gasteiger partial charge < -0.3 is 9.47 Å². The zero-order valence-electron chi connectivity index (χ0n) is 12.5. The summed E-state index contributed by atoms with van der Waals surface area (Å²) in [5.74, 6) is -0.303. The lowest BCUT2D eigenvalue weighted by Crippen LogP contribution is -2.30. The van der Waals surface area contributed by atoms with Crippen molar-refractivity contribution < 1.29 is 19.1 Å². The van der Waals surface area contributed by atoms with Gasteiger partial charge in [-0.15, -0.1) is 0 Å². The highest BCUT2D eigenvalue weighted by Gasteiger charge is 2.31. The highest BCUT2D eigenvalue weighted by Crippen LogP contribution is 2.30. The van der Waals surface area contributed by atoms with Crippen molar-refractivity contribution in [1.82, 2.24) is 0 Å². The first-order chi connectivity index (χ1) is 8.90. The second kappa shape index (κ2) is 6.92. The van der Waals surface area contributed by atoms with E-state index < -0.39 is 11.4 Å². The Morgan fingerprint density at radius 2 is 1.89 bits per heavy atom. The molecule has 0 bridgehead atoms. The number of hydrogen-bond acceptors (Lipinski definition) is 4. The summed E-state index contributed by atoms with van der Waals surface area (Å²) in [5.41, 5.74) is -0.542. The molecule has 1 saturated carbocycles. The molecule has 1 rings (SSSR count). The molecule has 4 heteroatoms. The van der Waals surface area contributed by atoms with E-state index in [0.717, 1.165) is 25.7 Å². The topological polar surface area (TPSA) is 52.6 Å². The molecular formula is C15H26O4. The van der Waals surface area contributed by atoms with Crippen molar-refractivity contribution >= 4 is 11.9 Å². The predicted molar refractivity (Wildman–Crippen MR) is 72.5 cm³/mol. The van der Waals surface area contributed by atoms with Crippen LogP contribution in [-0.4, -0.2) is 24.6 Å². The molecule has 2 unspecified atom stereocenters. The maximum atomic E-state index is 11.7. The smallest absolute Gasteiger partial charge is 0.344 e. The van der Waals surface area contributed by atoms with Crippen LogP contribution in [0.2, 0.25) is 0 Å². The maximum Gasteiger partial charge on any atom is 0.344 e. The minimum absolute atomic E-state index is 0.00962. The van der Waals surface area contributed by atoms with Crippen LogP contribution in [0.3, 0.4) is 0 Å². The van der Waals surface area contributed by atoms with Gasteiger partial charge in [0.2, 0.25) is 0 Å². The fourth-order valence-corrected chi connectivity index (χ4v) is 2.29. The Morgan fingerprint density at radius 1 is 1.21 bits per heavy atom. The van der Waals surface area contributed by atoms with E-state index in [0.29, 0.717) is 12.3 Å². The van der Waals surface area contributed by atoms with E-state index in [1.807, 2.05) is 20.8 Å². The van der Waals surface area contributed by atoms with E-state index in [4.69, 9.17) is 9.47 Å².